The molecule has 7 nitrogen and oxygen atoms in total. The van der Waals surface area contributed by atoms with Gasteiger partial charge in [-0.25, -0.2) is 23.2 Å². The van der Waals surface area contributed by atoms with Crippen molar-refractivity contribution in [3.05, 3.63) is 101 Å². The molecule has 0 aliphatic rings. The highest BCUT2D eigenvalue weighted by Gasteiger charge is 2.28. The normalized spacial score (nSPS) is 11.3. The lowest BCUT2D eigenvalue weighted by molar-refractivity contribution is -0.145. The molecule has 1 amide bonds. The lowest BCUT2D eigenvalue weighted by Gasteiger charge is -2.17. The monoisotopic (exact) mass is 487 g/mol. The maximum atomic E-state index is 13.9. The van der Waals surface area contributed by atoms with Crippen LogP contribution in [0.2, 0.25) is 0 Å². The highest BCUT2D eigenvalue weighted by atomic mass is 19.2. The van der Waals surface area contributed by atoms with Crippen molar-refractivity contribution in [3.8, 4) is 5.75 Å². The molecule has 35 heavy (non-hydrogen) atoms. The minimum atomic E-state index is -1.71. The van der Waals surface area contributed by atoms with Crippen molar-refractivity contribution in [2.75, 3.05) is 6.54 Å². The summed E-state index contributed by atoms with van der Waals surface area (Å²) < 4.78 is 56.1. The van der Waals surface area contributed by atoms with Crippen LogP contribution in [0.5, 0.6) is 5.75 Å². The van der Waals surface area contributed by atoms with Gasteiger partial charge in [0.2, 0.25) is 17.7 Å². The molecule has 3 rings (SSSR count). The zero-order valence-electron chi connectivity index (χ0n) is 18.2. The van der Waals surface area contributed by atoms with Crippen molar-refractivity contribution in [3.63, 3.8) is 0 Å². The van der Waals surface area contributed by atoms with Crippen molar-refractivity contribution < 1.29 is 41.8 Å². The summed E-state index contributed by atoms with van der Waals surface area (Å²) in [6, 6.07) is 17.6. The van der Waals surface area contributed by atoms with Gasteiger partial charge in [-0.15, -0.1) is 0 Å². The molecule has 182 valence electrons. The Kier molecular flexibility index (Phi) is 8.82. The number of nitrogens with one attached hydrogen (secondary N) is 1. The zero-order valence-corrected chi connectivity index (χ0v) is 18.2. The molecule has 0 heterocycles. The molecule has 3 aromatic rings. The van der Waals surface area contributed by atoms with Crippen LogP contribution in [0.3, 0.4) is 0 Å². The molecule has 1 atom stereocenters. The fourth-order valence-corrected chi connectivity index (χ4v) is 2.84. The van der Waals surface area contributed by atoms with E-state index in [9.17, 15) is 27.6 Å². The first-order chi connectivity index (χ1) is 16.8. The summed E-state index contributed by atoms with van der Waals surface area (Å²) in [4.78, 5) is 36.9. The van der Waals surface area contributed by atoms with E-state index in [4.69, 9.17) is 9.47 Å². The summed E-state index contributed by atoms with van der Waals surface area (Å²) in [6.07, 6.45) is -2.81. The van der Waals surface area contributed by atoms with E-state index >= 15 is 0 Å². The van der Waals surface area contributed by atoms with E-state index in [1.165, 1.54) is 12.1 Å². The van der Waals surface area contributed by atoms with Gasteiger partial charge in [0.15, 0.2) is 11.6 Å². The quantitative estimate of drug-likeness (QED) is 0.271. The molecule has 0 radical (unpaired) electrons. The minimum absolute atomic E-state index is 0.000732. The van der Waals surface area contributed by atoms with Crippen LogP contribution >= 0.6 is 0 Å². The van der Waals surface area contributed by atoms with Crippen LogP contribution in [0.4, 0.5) is 18.0 Å². The molecule has 0 spiro atoms. The SMILES string of the molecule is O=C(NCCC(OC(=O)c1ccccc1)C(=O)Oc1c(F)ccc(F)c1F)OCc1ccccc1. The fraction of sp³-hybridized carbons (Fsp3) is 0.160. The van der Waals surface area contributed by atoms with E-state index in [-0.39, 0.29) is 25.1 Å². The van der Waals surface area contributed by atoms with Crippen molar-refractivity contribution in [1.82, 2.24) is 5.32 Å². The molecule has 0 aliphatic heterocycles. The molecule has 0 aliphatic carbocycles. The Morgan fingerprint density at radius 3 is 2.14 bits per heavy atom. The summed E-state index contributed by atoms with van der Waals surface area (Å²) in [5.41, 5.74) is 0.851. The Balaban J connectivity index is 1.64. The van der Waals surface area contributed by atoms with Gasteiger partial charge in [-0.3, -0.25) is 0 Å². The number of hydrogen-bond acceptors (Lipinski definition) is 6. The van der Waals surface area contributed by atoms with E-state index in [1.54, 1.807) is 48.5 Å². The molecule has 3 aromatic carbocycles. The Bertz CT molecular complexity index is 1170. The van der Waals surface area contributed by atoms with Gasteiger partial charge in [0.25, 0.3) is 0 Å². The van der Waals surface area contributed by atoms with Gasteiger partial charge in [-0.05, 0) is 29.8 Å². The highest BCUT2D eigenvalue weighted by molar-refractivity contribution is 5.91. The summed E-state index contributed by atoms with van der Waals surface area (Å²) >= 11 is 0. The number of carbonyl (C=O) groups is 3. The van der Waals surface area contributed by atoms with Crippen molar-refractivity contribution in [1.29, 1.82) is 0 Å². The lowest BCUT2D eigenvalue weighted by atomic mass is 10.2. The van der Waals surface area contributed by atoms with Crippen LogP contribution in [0.15, 0.2) is 72.8 Å². The van der Waals surface area contributed by atoms with E-state index in [1.807, 2.05) is 0 Å². The van der Waals surface area contributed by atoms with Crippen LogP contribution in [-0.2, 0) is 20.9 Å². The van der Waals surface area contributed by atoms with Gasteiger partial charge < -0.3 is 19.5 Å². The molecule has 0 saturated carbocycles. The van der Waals surface area contributed by atoms with Gasteiger partial charge in [0.05, 0.1) is 5.56 Å². The van der Waals surface area contributed by atoms with Crippen molar-refractivity contribution in [2.24, 2.45) is 0 Å². The summed E-state index contributed by atoms with van der Waals surface area (Å²) in [6.45, 7) is -0.219. The number of alkyl carbamates (subject to hydrolysis) is 1. The summed E-state index contributed by atoms with van der Waals surface area (Å²) in [5, 5.41) is 2.38. The number of hydrogen-bond donors (Lipinski definition) is 1. The molecule has 10 heteroatoms. The number of rotatable bonds is 9. The number of ether oxygens (including phenoxy) is 3. The Labute approximate surface area is 198 Å². The largest absolute Gasteiger partial charge is 0.447 e. The van der Waals surface area contributed by atoms with E-state index in [0.717, 1.165) is 5.56 Å². The fourth-order valence-electron chi connectivity index (χ4n) is 2.84. The maximum Gasteiger partial charge on any atom is 0.407 e. The van der Waals surface area contributed by atoms with Crippen LogP contribution in [-0.4, -0.2) is 30.7 Å². The number of esters is 2. The van der Waals surface area contributed by atoms with Gasteiger partial charge in [-0.2, -0.15) is 4.39 Å². The molecule has 0 bridgehead atoms. The average molecular weight is 487 g/mol. The van der Waals surface area contributed by atoms with Gasteiger partial charge in [0, 0.05) is 13.0 Å². The van der Waals surface area contributed by atoms with E-state index in [0.29, 0.717) is 12.1 Å². The van der Waals surface area contributed by atoms with Crippen LogP contribution < -0.4 is 10.1 Å². The topological polar surface area (TPSA) is 90.9 Å². The second-order valence-electron chi connectivity index (χ2n) is 7.13. The first-order valence-corrected chi connectivity index (χ1v) is 10.4. The van der Waals surface area contributed by atoms with Crippen LogP contribution in [0.1, 0.15) is 22.3 Å². The molecule has 1 N–H and O–H groups in total. The summed E-state index contributed by atoms with van der Waals surface area (Å²) in [5.74, 6) is -8.03. The standard InChI is InChI=1S/C25H20F3NO6/c26-18-11-12-19(27)22(21(18)28)35-24(31)20(34-23(30)17-9-5-2-6-10-17)13-14-29-25(32)33-15-16-7-3-1-4-8-16/h1-12,20H,13-15H2,(H,29,32). The molecule has 0 aromatic heterocycles. The summed E-state index contributed by atoms with van der Waals surface area (Å²) in [7, 11) is 0. The third kappa shape index (κ3) is 7.32. The second kappa shape index (κ2) is 12.2. The van der Waals surface area contributed by atoms with Crippen molar-refractivity contribution in [2.45, 2.75) is 19.1 Å². The average Bonchev–Trinajstić information content (AvgIpc) is 2.88. The first kappa shape index (κ1) is 25.3. The van der Waals surface area contributed by atoms with Gasteiger partial charge >= 0.3 is 18.0 Å². The minimum Gasteiger partial charge on any atom is -0.447 e. The first-order valence-electron chi connectivity index (χ1n) is 10.4. The van der Waals surface area contributed by atoms with Crippen molar-refractivity contribution >= 4 is 18.0 Å². The zero-order chi connectivity index (χ0) is 25.2. The number of amides is 1. The molecular formula is C25H20F3NO6. The predicted molar refractivity (Wildman–Crippen MR) is 117 cm³/mol. The molecule has 0 fully saturated rings. The highest BCUT2D eigenvalue weighted by Crippen LogP contribution is 2.24. The third-order valence-corrected chi connectivity index (χ3v) is 4.61. The predicted octanol–water partition coefficient (Wildman–Crippen LogP) is 4.55. The van der Waals surface area contributed by atoms with Crippen LogP contribution in [0, 0.1) is 17.5 Å². The number of carbonyl (C=O) groups excluding carboxylic acids is 3. The number of halogens is 3. The molecular weight excluding hydrogens is 467 g/mol. The molecule has 0 saturated heterocycles. The maximum absolute atomic E-state index is 13.9. The van der Waals surface area contributed by atoms with E-state index in [2.05, 4.69) is 10.1 Å². The molecule has 1 unspecified atom stereocenters. The lowest BCUT2D eigenvalue weighted by Crippen LogP contribution is -2.36. The van der Waals surface area contributed by atoms with Gasteiger partial charge in [0.1, 0.15) is 6.61 Å². The Morgan fingerprint density at radius 1 is 0.829 bits per heavy atom. The smallest absolute Gasteiger partial charge is 0.407 e. The van der Waals surface area contributed by atoms with E-state index < -0.39 is 47.3 Å². The van der Waals surface area contributed by atoms with Gasteiger partial charge in [-0.1, -0.05) is 48.5 Å². The second-order valence-corrected chi connectivity index (χ2v) is 7.13. The third-order valence-electron chi connectivity index (χ3n) is 4.61. The number of benzene rings is 3. The Morgan fingerprint density at radius 2 is 1.46 bits per heavy atom. The Hall–Kier alpha value is -4.34. The van der Waals surface area contributed by atoms with Crippen LogP contribution in [0.25, 0.3) is 0 Å².